The molecule has 0 amide bonds. The highest BCUT2D eigenvalue weighted by Gasteiger charge is 2.45. The number of hydrogen-bond acceptors (Lipinski definition) is 2. The number of aromatic hydroxyl groups is 2. The highest BCUT2D eigenvalue weighted by molar-refractivity contribution is 5.47. The summed E-state index contributed by atoms with van der Waals surface area (Å²) in [7, 11) is 0. The van der Waals surface area contributed by atoms with E-state index in [4.69, 9.17) is 0 Å². The third-order valence-corrected chi connectivity index (χ3v) is 7.58. The molecule has 0 aromatic heterocycles. The molecule has 3 saturated carbocycles. The van der Waals surface area contributed by atoms with Gasteiger partial charge >= 0.3 is 0 Å². The molecule has 24 heavy (non-hydrogen) atoms. The highest BCUT2D eigenvalue weighted by Crippen LogP contribution is 2.54. The molecule has 0 heterocycles. The average molecular weight is 328 g/mol. The number of rotatable bonds is 2. The SMILES string of the molecule is Cc1c(O)ccc(CC2C3CCCCC3CC3CCCCC32)c1O. The van der Waals surface area contributed by atoms with Crippen LogP contribution < -0.4 is 0 Å². The maximum Gasteiger partial charge on any atom is 0.125 e. The molecule has 1 aromatic carbocycles. The molecule has 3 fully saturated rings. The maximum absolute atomic E-state index is 10.5. The zero-order valence-corrected chi connectivity index (χ0v) is 15.0. The van der Waals surface area contributed by atoms with Crippen molar-refractivity contribution in [2.75, 3.05) is 0 Å². The summed E-state index contributed by atoms with van der Waals surface area (Å²) in [4.78, 5) is 0. The van der Waals surface area contributed by atoms with Crippen LogP contribution in [0.3, 0.4) is 0 Å². The summed E-state index contributed by atoms with van der Waals surface area (Å²) >= 11 is 0. The molecule has 3 aliphatic carbocycles. The van der Waals surface area contributed by atoms with E-state index in [0.29, 0.717) is 11.3 Å². The minimum atomic E-state index is 0.214. The van der Waals surface area contributed by atoms with Gasteiger partial charge in [0, 0.05) is 5.56 Å². The fraction of sp³-hybridized carbons (Fsp3) is 0.727. The van der Waals surface area contributed by atoms with Gasteiger partial charge in [0.05, 0.1) is 0 Å². The molecule has 2 heteroatoms. The number of phenols is 2. The van der Waals surface area contributed by atoms with Crippen molar-refractivity contribution in [3.8, 4) is 11.5 Å². The van der Waals surface area contributed by atoms with Gasteiger partial charge < -0.3 is 10.2 Å². The van der Waals surface area contributed by atoms with Crippen LogP contribution >= 0.6 is 0 Å². The van der Waals surface area contributed by atoms with Gasteiger partial charge in [0.15, 0.2) is 0 Å². The number of hydrogen-bond donors (Lipinski definition) is 2. The molecule has 1 aromatic rings. The summed E-state index contributed by atoms with van der Waals surface area (Å²) < 4.78 is 0. The van der Waals surface area contributed by atoms with Crippen molar-refractivity contribution >= 4 is 0 Å². The molecule has 2 N–H and O–H groups in total. The van der Waals surface area contributed by atoms with Gasteiger partial charge in [-0.3, -0.25) is 0 Å². The molecule has 2 nitrogen and oxygen atoms in total. The fourth-order valence-corrected chi connectivity index (χ4v) is 6.36. The molecule has 0 bridgehead atoms. The first kappa shape index (κ1) is 16.3. The minimum Gasteiger partial charge on any atom is -0.508 e. The zero-order chi connectivity index (χ0) is 16.7. The molecular formula is C22H32O2. The van der Waals surface area contributed by atoms with Crippen molar-refractivity contribution in [3.63, 3.8) is 0 Å². The Bertz CT molecular complexity index is 572. The van der Waals surface area contributed by atoms with Crippen LogP contribution in [-0.2, 0) is 6.42 Å². The molecule has 4 unspecified atom stereocenters. The molecule has 0 saturated heterocycles. The van der Waals surface area contributed by atoms with E-state index in [9.17, 15) is 10.2 Å². The predicted octanol–water partition coefficient (Wildman–Crippen LogP) is 5.58. The van der Waals surface area contributed by atoms with E-state index in [0.717, 1.165) is 41.6 Å². The van der Waals surface area contributed by atoms with Crippen LogP contribution in [0, 0.1) is 36.5 Å². The summed E-state index contributed by atoms with van der Waals surface area (Å²) in [6.07, 6.45) is 13.8. The van der Waals surface area contributed by atoms with Crippen LogP contribution in [0.15, 0.2) is 12.1 Å². The average Bonchev–Trinajstić information content (AvgIpc) is 2.61. The van der Waals surface area contributed by atoms with Crippen molar-refractivity contribution in [2.45, 2.75) is 71.1 Å². The summed E-state index contributed by atoms with van der Waals surface area (Å²) in [5.41, 5.74) is 1.70. The van der Waals surface area contributed by atoms with E-state index < -0.39 is 0 Å². The molecule has 3 aliphatic rings. The van der Waals surface area contributed by atoms with Crippen LogP contribution in [0.5, 0.6) is 11.5 Å². The van der Waals surface area contributed by atoms with Crippen molar-refractivity contribution in [2.24, 2.45) is 29.6 Å². The van der Waals surface area contributed by atoms with Gasteiger partial charge in [-0.15, -0.1) is 0 Å². The van der Waals surface area contributed by atoms with Gasteiger partial charge in [-0.1, -0.05) is 44.6 Å². The first-order valence-corrected chi connectivity index (χ1v) is 10.2. The van der Waals surface area contributed by atoms with Crippen molar-refractivity contribution < 1.29 is 10.2 Å². The van der Waals surface area contributed by atoms with Gasteiger partial charge in [-0.25, -0.2) is 0 Å². The van der Waals surface area contributed by atoms with Crippen LogP contribution in [0.2, 0.25) is 0 Å². The van der Waals surface area contributed by atoms with Gasteiger partial charge in [-0.2, -0.15) is 0 Å². The van der Waals surface area contributed by atoms with E-state index >= 15 is 0 Å². The first-order valence-electron chi connectivity index (χ1n) is 10.2. The maximum atomic E-state index is 10.5. The molecule has 132 valence electrons. The van der Waals surface area contributed by atoms with E-state index in [1.807, 2.05) is 13.0 Å². The quantitative estimate of drug-likeness (QED) is 0.744. The second-order valence-electron chi connectivity index (χ2n) is 8.74. The smallest absolute Gasteiger partial charge is 0.125 e. The summed E-state index contributed by atoms with van der Waals surface area (Å²) in [6.45, 7) is 1.82. The van der Waals surface area contributed by atoms with Crippen molar-refractivity contribution in [1.82, 2.24) is 0 Å². The molecule has 0 spiro atoms. The largest absolute Gasteiger partial charge is 0.508 e. The molecule has 0 aliphatic heterocycles. The molecule has 0 radical (unpaired) electrons. The Morgan fingerprint density at radius 3 is 2.08 bits per heavy atom. The Morgan fingerprint density at radius 1 is 0.875 bits per heavy atom. The van der Waals surface area contributed by atoms with Crippen LogP contribution in [-0.4, -0.2) is 10.2 Å². The summed E-state index contributed by atoms with van der Waals surface area (Å²) in [6, 6.07) is 3.73. The Hall–Kier alpha value is -1.18. The highest BCUT2D eigenvalue weighted by atomic mass is 16.3. The van der Waals surface area contributed by atoms with Gasteiger partial charge in [-0.05, 0) is 73.8 Å². The number of fused-ring (bicyclic) bond motifs is 2. The topological polar surface area (TPSA) is 40.5 Å². The van der Waals surface area contributed by atoms with Gasteiger partial charge in [0.2, 0.25) is 0 Å². The van der Waals surface area contributed by atoms with Crippen LogP contribution in [0.4, 0.5) is 0 Å². The van der Waals surface area contributed by atoms with Crippen molar-refractivity contribution in [1.29, 1.82) is 0 Å². The standard InChI is InChI=1S/C22H32O2/c1-14-21(23)11-10-17(22(14)24)13-20-18-8-4-2-6-15(18)12-16-7-3-5-9-19(16)20/h10-11,15-16,18-20,23-24H,2-9,12-13H2,1H3. The zero-order valence-electron chi connectivity index (χ0n) is 15.0. The monoisotopic (exact) mass is 328 g/mol. The Balaban J connectivity index is 1.63. The van der Waals surface area contributed by atoms with Crippen molar-refractivity contribution in [3.05, 3.63) is 23.3 Å². The lowest BCUT2D eigenvalue weighted by atomic mass is 9.54. The van der Waals surface area contributed by atoms with E-state index in [-0.39, 0.29) is 5.75 Å². The molecule has 4 rings (SSSR count). The molecule has 4 atom stereocenters. The second kappa shape index (κ2) is 6.61. The lowest BCUT2D eigenvalue weighted by molar-refractivity contribution is -0.0111. The summed E-state index contributed by atoms with van der Waals surface area (Å²) in [5.74, 6) is 4.89. The lowest BCUT2D eigenvalue weighted by Crippen LogP contribution is -2.43. The van der Waals surface area contributed by atoms with Gasteiger partial charge in [0.25, 0.3) is 0 Å². The Morgan fingerprint density at radius 2 is 1.46 bits per heavy atom. The Labute approximate surface area is 146 Å². The second-order valence-corrected chi connectivity index (χ2v) is 8.74. The lowest BCUT2D eigenvalue weighted by Gasteiger charge is -2.51. The number of benzene rings is 1. The van der Waals surface area contributed by atoms with Crippen LogP contribution in [0.25, 0.3) is 0 Å². The predicted molar refractivity (Wildman–Crippen MR) is 97.2 cm³/mol. The van der Waals surface area contributed by atoms with Crippen LogP contribution in [0.1, 0.15) is 68.9 Å². The van der Waals surface area contributed by atoms with E-state index in [1.165, 1.54) is 57.8 Å². The minimum absolute atomic E-state index is 0.214. The van der Waals surface area contributed by atoms with E-state index in [2.05, 4.69) is 0 Å². The summed E-state index contributed by atoms with van der Waals surface area (Å²) in [5, 5.41) is 20.4. The fourth-order valence-electron chi connectivity index (χ4n) is 6.36. The Kier molecular flexibility index (Phi) is 4.49. The van der Waals surface area contributed by atoms with E-state index in [1.54, 1.807) is 6.07 Å². The number of phenolic OH excluding ortho intramolecular Hbond substituents is 2. The normalized spacial score (nSPS) is 36.0. The van der Waals surface area contributed by atoms with Gasteiger partial charge in [0.1, 0.15) is 11.5 Å². The first-order chi connectivity index (χ1) is 11.6. The molecular weight excluding hydrogens is 296 g/mol. The third-order valence-electron chi connectivity index (χ3n) is 7.58. The third kappa shape index (κ3) is 2.82.